The van der Waals surface area contributed by atoms with Crippen LogP contribution in [0.5, 0.6) is 0 Å². The molecule has 1 fully saturated rings. The van der Waals surface area contributed by atoms with Gasteiger partial charge in [-0.1, -0.05) is 0 Å². The molecule has 0 aromatic carbocycles. The first-order chi connectivity index (χ1) is 8.58. The number of thiophene rings is 1. The summed E-state index contributed by atoms with van der Waals surface area (Å²) < 4.78 is 0. The van der Waals surface area contributed by atoms with Crippen LogP contribution in [-0.2, 0) is 0 Å². The van der Waals surface area contributed by atoms with Gasteiger partial charge in [0.05, 0.1) is 0 Å². The second-order valence-electron chi connectivity index (χ2n) is 5.71. The second-order valence-corrected chi connectivity index (χ2v) is 7.03. The molecule has 0 aliphatic carbocycles. The molecule has 1 saturated heterocycles. The molecule has 1 aliphatic heterocycles. The van der Waals surface area contributed by atoms with Crippen molar-refractivity contribution in [1.29, 1.82) is 0 Å². The van der Waals surface area contributed by atoms with Crippen LogP contribution in [0.4, 0.5) is 0 Å². The average Bonchev–Trinajstić information content (AvgIpc) is 2.95. The lowest BCUT2D eigenvalue weighted by Gasteiger charge is -2.34. The molecule has 0 bridgehead atoms. The number of aryl methyl sites for hydroxylation is 1. The Morgan fingerprint density at radius 2 is 2.17 bits per heavy atom. The van der Waals surface area contributed by atoms with Gasteiger partial charge in [0.2, 0.25) is 0 Å². The molecule has 1 aromatic heterocycles. The summed E-state index contributed by atoms with van der Waals surface area (Å²) in [4.78, 5) is 5.55. The molecule has 1 N–H and O–H groups in total. The van der Waals surface area contributed by atoms with Crippen LogP contribution < -0.4 is 5.32 Å². The van der Waals surface area contributed by atoms with Gasteiger partial charge in [0.1, 0.15) is 0 Å². The van der Waals surface area contributed by atoms with Crippen molar-refractivity contribution in [1.82, 2.24) is 10.2 Å². The van der Waals surface area contributed by atoms with E-state index < -0.39 is 0 Å². The molecule has 0 saturated carbocycles. The highest BCUT2D eigenvalue weighted by Gasteiger charge is 2.24. The quantitative estimate of drug-likeness (QED) is 0.876. The van der Waals surface area contributed by atoms with Crippen LogP contribution in [0.2, 0.25) is 0 Å². The van der Waals surface area contributed by atoms with Crippen molar-refractivity contribution < 1.29 is 0 Å². The van der Waals surface area contributed by atoms with Gasteiger partial charge in [-0.2, -0.15) is 0 Å². The lowest BCUT2D eigenvalue weighted by atomic mass is 10.1. The van der Waals surface area contributed by atoms with E-state index in [4.69, 9.17) is 0 Å². The van der Waals surface area contributed by atoms with Crippen LogP contribution in [-0.4, -0.2) is 30.1 Å². The standard InChI is InChI=1S/C15H26N2S/c1-11(2)17(10-14-6-5-9-16-14)13(4)15-8-7-12(3)18-15/h7-8,11,13-14,16H,5-6,9-10H2,1-4H3. The van der Waals surface area contributed by atoms with E-state index in [-0.39, 0.29) is 0 Å². The zero-order chi connectivity index (χ0) is 13.1. The van der Waals surface area contributed by atoms with Gasteiger partial charge in [0.15, 0.2) is 0 Å². The zero-order valence-electron chi connectivity index (χ0n) is 12.1. The van der Waals surface area contributed by atoms with Crippen LogP contribution in [0.1, 0.15) is 49.4 Å². The monoisotopic (exact) mass is 266 g/mol. The van der Waals surface area contributed by atoms with Gasteiger partial charge in [-0.3, -0.25) is 4.90 Å². The van der Waals surface area contributed by atoms with E-state index in [2.05, 4.69) is 50.0 Å². The predicted octanol–water partition coefficient (Wildman–Crippen LogP) is 3.58. The number of nitrogens with zero attached hydrogens (tertiary/aromatic N) is 1. The number of nitrogens with one attached hydrogen (secondary N) is 1. The minimum absolute atomic E-state index is 0.533. The summed E-state index contributed by atoms with van der Waals surface area (Å²) in [6.45, 7) is 11.5. The molecule has 18 heavy (non-hydrogen) atoms. The van der Waals surface area contributed by atoms with Gasteiger partial charge in [0.25, 0.3) is 0 Å². The molecule has 2 heterocycles. The summed E-state index contributed by atoms with van der Waals surface area (Å²) in [7, 11) is 0. The maximum atomic E-state index is 3.62. The third-order valence-corrected chi connectivity index (χ3v) is 5.10. The van der Waals surface area contributed by atoms with Crippen LogP contribution in [0.3, 0.4) is 0 Å². The Kier molecular flexibility index (Phi) is 4.82. The summed E-state index contributed by atoms with van der Waals surface area (Å²) in [6.07, 6.45) is 2.67. The summed E-state index contributed by atoms with van der Waals surface area (Å²) in [5.41, 5.74) is 0. The Bertz CT molecular complexity index is 366. The molecule has 0 spiro atoms. The Balaban J connectivity index is 2.04. The first-order valence-electron chi connectivity index (χ1n) is 7.13. The first-order valence-corrected chi connectivity index (χ1v) is 7.95. The summed E-state index contributed by atoms with van der Waals surface area (Å²) in [5.74, 6) is 0. The van der Waals surface area contributed by atoms with E-state index >= 15 is 0 Å². The van der Waals surface area contributed by atoms with Crippen LogP contribution in [0.25, 0.3) is 0 Å². The predicted molar refractivity (Wildman–Crippen MR) is 80.3 cm³/mol. The van der Waals surface area contributed by atoms with E-state index in [0.29, 0.717) is 18.1 Å². The van der Waals surface area contributed by atoms with Gasteiger partial charge in [-0.25, -0.2) is 0 Å². The molecular weight excluding hydrogens is 240 g/mol. The normalized spacial score (nSPS) is 22.0. The summed E-state index contributed by atoms with van der Waals surface area (Å²) in [5, 5.41) is 3.62. The molecule has 2 atom stereocenters. The van der Waals surface area contributed by atoms with Gasteiger partial charge in [-0.15, -0.1) is 11.3 Å². The van der Waals surface area contributed by atoms with Gasteiger partial charge in [0, 0.05) is 34.4 Å². The molecule has 2 unspecified atom stereocenters. The van der Waals surface area contributed by atoms with Gasteiger partial charge < -0.3 is 5.32 Å². The van der Waals surface area contributed by atoms with Crippen molar-refractivity contribution in [3.63, 3.8) is 0 Å². The fourth-order valence-electron chi connectivity index (χ4n) is 2.82. The lowest BCUT2D eigenvalue weighted by molar-refractivity contribution is 0.152. The summed E-state index contributed by atoms with van der Waals surface area (Å²) in [6, 6.07) is 6.36. The Morgan fingerprint density at radius 1 is 1.39 bits per heavy atom. The maximum Gasteiger partial charge on any atom is 0.0416 e. The van der Waals surface area contributed by atoms with Gasteiger partial charge in [-0.05, 0) is 59.2 Å². The summed E-state index contributed by atoms with van der Waals surface area (Å²) >= 11 is 1.94. The molecule has 2 nitrogen and oxygen atoms in total. The fourth-order valence-corrected chi connectivity index (χ4v) is 3.77. The Hall–Kier alpha value is -0.380. The molecule has 2 rings (SSSR count). The molecule has 102 valence electrons. The Morgan fingerprint density at radius 3 is 2.67 bits per heavy atom. The smallest absolute Gasteiger partial charge is 0.0416 e. The topological polar surface area (TPSA) is 15.3 Å². The maximum absolute atomic E-state index is 3.62. The zero-order valence-corrected chi connectivity index (χ0v) is 12.9. The van der Waals surface area contributed by atoms with E-state index in [9.17, 15) is 0 Å². The SMILES string of the molecule is Cc1ccc(C(C)N(CC2CCCN2)C(C)C)s1. The third kappa shape index (κ3) is 3.34. The van der Waals surface area contributed by atoms with Crippen molar-refractivity contribution in [2.24, 2.45) is 0 Å². The highest BCUT2D eigenvalue weighted by molar-refractivity contribution is 7.12. The van der Waals surface area contributed by atoms with Gasteiger partial charge >= 0.3 is 0 Å². The van der Waals surface area contributed by atoms with E-state index in [1.165, 1.54) is 35.7 Å². The van der Waals surface area contributed by atoms with E-state index in [1.54, 1.807) is 0 Å². The first kappa shape index (κ1) is 14.0. The lowest BCUT2D eigenvalue weighted by Crippen LogP contribution is -2.42. The highest BCUT2D eigenvalue weighted by atomic mass is 32.1. The number of hydrogen-bond acceptors (Lipinski definition) is 3. The van der Waals surface area contributed by atoms with Crippen molar-refractivity contribution in [2.75, 3.05) is 13.1 Å². The molecule has 0 radical (unpaired) electrons. The largest absolute Gasteiger partial charge is 0.313 e. The minimum atomic E-state index is 0.533. The number of hydrogen-bond donors (Lipinski definition) is 1. The highest BCUT2D eigenvalue weighted by Crippen LogP contribution is 2.29. The van der Waals surface area contributed by atoms with Crippen LogP contribution >= 0.6 is 11.3 Å². The van der Waals surface area contributed by atoms with Crippen molar-refractivity contribution in [2.45, 2.75) is 58.7 Å². The third-order valence-electron chi connectivity index (χ3n) is 3.93. The van der Waals surface area contributed by atoms with Crippen LogP contribution in [0.15, 0.2) is 12.1 Å². The minimum Gasteiger partial charge on any atom is -0.313 e. The van der Waals surface area contributed by atoms with Crippen molar-refractivity contribution >= 4 is 11.3 Å². The van der Waals surface area contributed by atoms with E-state index in [1.807, 2.05) is 11.3 Å². The second kappa shape index (κ2) is 6.18. The molecule has 1 aliphatic rings. The molecule has 1 aromatic rings. The van der Waals surface area contributed by atoms with Crippen LogP contribution in [0, 0.1) is 6.92 Å². The molecular formula is C15H26N2S. The van der Waals surface area contributed by atoms with Crippen molar-refractivity contribution in [3.8, 4) is 0 Å². The van der Waals surface area contributed by atoms with Crippen molar-refractivity contribution in [3.05, 3.63) is 21.9 Å². The fraction of sp³-hybridized carbons (Fsp3) is 0.733. The molecule has 3 heteroatoms. The Labute approximate surface area is 115 Å². The molecule has 0 amide bonds. The number of rotatable bonds is 5. The van der Waals surface area contributed by atoms with E-state index in [0.717, 1.165) is 0 Å². The average molecular weight is 266 g/mol.